The minimum Gasteiger partial charge on any atom is -0.259 e. The summed E-state index contributed by atoms with van der Waals surface area (Å²) in [6.07, 6.45) is 3.92. The van der Waals surface area contributed by atoms with Gasteiger partial charge in [0.25, 0.3) is 0 Å². The van der Waals surface area contributed by atoms with E-state index in [1.165, 1.54) is 0 Å². The molecule has 2 fully saturated rings. The second-order valence-corrected chi connectivity index (χ2v) is 7.38. The molecule has 0 saturated heterocycles. The molecule has 2 rings (SSSR count). The quantitative estimate of drug-likeness (QED) is 0.703. The monoisotopic (exact) mass is 338 g/mol. The van der Waals surface area contributed by atoms with Crippen LogP contribution in [-0.4, -0.2) is 27.8 Å². The van der Waals surface area contributed by atoms with Crippen LogP contribution < -0.4 is 0 Å². The van der Waals surface area contributed by atoms with Crippen molar-refractivity contribution in [2.45, 2.75) is 102 Å². The summed E-state index contributed by atoms with van der Waals surface area (Å²) in [7, 11) is 0. The lowest BCUT2D eigenvalue weighted by atomic mass is 9.81. The smallest absolute Gasteiger partial charge is 0.259 e. The molecule has 0 aromatic rings. The molecule has 0 radical (unpaired) electrons. The summed E-state index contributed by atoms with van der Waals surface area (Å²) in [5, 5.41) is 0. The summed E-state index contributed by atoms with van der Waals surface area (Å²) in [6, 6.07) is 0. The third-order valence-electron chi connectivity index (χ3n) is 5.42. The average molecular weight is 338 g/mol. The van der Waals surface area contributed by atoms with Gasteiger partial charge in [0, 0.05) is 0 Å². The highest BCUT2D eigenvalue weighted by molar-refractivity contribution is 7.75. The van der Waals surface area contributed by atoms with E-state index in [1.54, 1.807) is 0 Å². The molecule has 0 spiro atoms. The SMILES string of the molecule is CCC1(OS(=O)OC2(CC)CCCCC2F)CCCCC1F. The minimum atomic E-state index is -2.11. The van der Waals surface area contributed by atoms with E-state index < -0.39 is 34.9 Å². The van der Waals surface area contributed by atoms with E-state index in [0.717, 1.165) is 25.7 Å². The first kappa shape index (κ1) is 18.3. The van der Waals surface area contributed by atoms with Gasteiger partial charge in [-0.15, -0.1) is 0 Å². The fourth-order valence-corrected chi connectivity index (χ4v) is 4.91. The number of rotatable bonds is 6. The Balaban J connectivity index is 2.04. The van der Waals surface area contributed by atoms with Crippen molar-refractivity contribution < 1.29 is 21.4 Å². The molecule has 0 aromatic heterocycles. The highest BCUT2D eigenvalue weighted by Gasteiger charge is 2.47. The van der Waals surface area contributed by atoms with E-state index in [4.69, 9.17) is 8.37 Å². The molecule has 0 amide bonds. The lowest BCUT2D eigenvalue weighted by molar-refractivity contribution is -0.0748. The highest BCUT2D eigenvalue weighted by atomic mass is 32.2. The molecule has 6 heteroatoms. The standard InChI is InChI=1S/C16H28F2O3S/c1-3-15(11-7-5-9-13(15)17)20-22(19)21-16(4-2)12-8-6-10-14(16)18/h13-14H,3-12H2,1-2H3. The number of alkyl halides is 2. The van der Waals surface area contributed by atoms with Gasteiger partial charge in [0.1, 0.15) is 23.5 Å². The molecule has 4 atom stereocenters. The van der Waals surface area contributed by atoms with Crippen LogP contribution in [0.2, 0.25) is 0 Å². The fourth-order valence-electron chi connectivity index (χ4n) is 3.73. The molecule has 0 aliphatic heterocycles. The van der Waals surface area contributed by atoms with E-state index in [-0.39, 0.29) is 0 Å². The lowest BCUT2D eigenvalue weighted by Gasteiger charge is -2.41. The van der Waals surface area contributed by atoms with Crippen LogP contribution >= 0.6 is 0 Å². The predicted molar refractivity (Wildman–Crippen MR) is 83.1 cm³/mol. The molecule has 0 N–H and O–H groups in total. The summed E-state index contributed by atoms with van der Waals surface area (Å²) in [6.45, 7) is 3.67. The van der Waals surface area contributed by atoms with Crippen molar-refractivity contribution in [2.75, 3.05) is 0 Å². The van der Waals surface area contributed by atoms with Gasteiger partial charge in [0.05, 0.1) is 0 Å². The van der Waals surface area contributed by atoms with Crippen molar-refractivity contribution in [2.24, 2.45) is 0 Å². The first-order valence-electron chi connectivity index (χ1n) is 8.57. The highest BCUT2D eigenvalue weighted by Crippen LogP contribution is 2.41. The van der Waals surface area contributed by atoms with Crippen LogP contribution in [0.15, 0.2) is 0 Å². The van der Waals surface area contributed by atoms with E-state index in [1.807, 2.05) is 13.8 Å². The van der Waals surface area contributed by atoms with E-state index in [0.29, 0.717) is 38.5 Å². The molecular formula is C16H28F2O3S. The van der Waals surface area contributed by atoms with Gasteiger partial charge in [-0.05, 0) is 38.5 Å². The van der Waals surface area contributed by atoms with Gasteiger partial charge in [0.2, 0.25) is 0 Å². The molecule has 22 heavy (non-hydrogen) atoms. The summed E-state index contributed by atoms with van der Waals surface area (Å²) in [5.74, 6) is 0. The normalized spacial score (nSPS) is 41.3. The molecule has 2 aliphatic rings. The van der Waals surface area contributed by atoms with E-state index in [9.17, 15) is 13.0 Å². The molecule has 0 aromatic carbocycles. The van der Waals surface area contributed by atoms with Crippen LogP contribution in [0.4, 0.5) is 8.78 Å². The van der Waals surface area contributed by atoms with Crippen molar-refractivity contribution in [1.82, 2.24) is 0 Å². The Labute approximate surface area is 135 Å². The average Bonchev–Trinajstić information content (AvgIpc) is 2.52. The summed E-state index contributed by atoms with van der Waals surface area (Å²) in [4.78, 5) is 0. The van der Waals surface area contributed by atoms with Gasteiger partial charge in [-0.1, -0.05) is 39.5 Å². The Bertz CT molecular complexity index is 362. The Kier molecular flexibility index (Phi) is 6.37. The maximum absolute atomic E-state index is 14.3. The van der Waals surface area contributed by atoms with Gasteiger partial charge in [0.15, 0.2) is 0 Å². The molecule has 4 unspecified atom stereocenters. The van der Waals surface area contributed by atoms with Crippen molar-refractivity contribution >= 4 is 11.4 Å². The zero-order chi connectivity index (χ0) is 16.2. The Hall–Kier alpha value is -0.0700. The second kappa shape index (κ2) is 7.67. The topological polar surface area (TPSA) is 35.5 Å². The summed E-state index contributed by atoms with van der Waals surface area (Å²) >= 11 is -2.11. The number of hydrogen-bond acceptors (Lipinski definition) is 3. The third kappa shape index (κ3) is 3.70. The van der Waals surface area contributed by atoms with Crippen LogP contribution in [0.5, 0.6) is 0 Å². The molecule has 2 saturated carbocycles. The van der Waals surface area contributed by atoms with Gasteiger partial charge >= 0.3 is 11.4 Å². The zero-order valence-electron chi connectivity index (χ0n) is 13.6. The molecule has 0 heterocycles. The predicted octanol–water partition coefficient (Wildman–Crippen LogP) is 4.72. The maximum Gasteiger partial charge on any atom is 0.305 e. The number of halogens is 2. The minimum absolute atomic E-state index is 0.426. The Morgan fingerprint density at radius 1 is 0.909 bits per heavy atom. The van der Waals surface area contributed by atoms with Crippen LogP contribution in [0.1, 0.15) is 78.1 Å². The van der Waals surface area contributed by atoms with Crippen LogP contribution in [0, 0.1) is 0 Å². The third-order valence-corrected chi connectivity index (χ3v) is 6.36. The van der Waals surface area contributed by atoms with E-state index in [2.05, 4.69) is 0 Å². The van der Waals surface area contributed by atoms with Crippen LogP contribution in [0.25, 0.3) is 0 Å². The lowest BCUT2D eigenvalue weighted by Crippen LogP contribution is -2.49. The maximum atomic E-state index is 14.3. The number of hydrogen-bond donors (Lipinski definition) is 0. The molecular weight excluding hydrogens is 310 g/mol. The van der Waals surface area contributed by atoms with Crippen molar-refractivity contribution in [3.63, 3.8) is 0 Å². The molecule has 130 valence electrons. The fraction of sp³-hybridized carbons (Fsp3) is 1.00. The first-order valence-corrected chi connectivity index (χ1v) is 9.57. The van der Waals surface area contributed by atoms with Gasteiger partial charge in [-0.25, -0.2) is 8.78 Å². The second-order valence-electron chi connectivity index (χ2n) is 6.63. The van der Waals surface area contributed by atoms with E-state index >= 15 is 0 Å². The van der Waals surface area contributed by atoms with Crippen molar-refractivity contribution in [3.05, 3.63) is 0 Å². The van der Waals surface area contributed by atoms with Gasteiger partial charge in [-0.3, -0.25) is 8.37 Å². The molecule has 0 bridgehead atoms. The van der Waals surface area contributed by atoms with Gasteiger partial charge in [-0.2, -0.15) is 4.21 Å². The summed E-state index contributed by atoms with van der Waals surface area (Å²) in [5.41, 5.74) is -2.09. The molecule has 2 aliphatic carbocycles. The largest absolute Gasteiger partial charge is 0.305 e. The Morgan fingerprint density at radius 3 is 1.64 bits per heavy atom. The van der Waals surface area contributed by atoms with Crippen molar-refractivity contribution in [1.29, 1.82) is 0 Å². The van der Waals surface area contributed by atoms with Crippen molar-refractivity contribution in [3.8, 4) is 0 Å². The summed E-state index contributed by atoms with van der Waals surface area (Å²) < 4.78 is 52.0. The van der Waals surface area contributed by atoms with Crippen LogP contribution in [-0.2, 0) is 19.7 Å². The Morgan fingerprint density at radius 2 is 1.32 bits per heavy atom. The molecule has 3 nitrogen and oxygen atoms in total. The zero-order valence-corrected chi connectivity index (χ0v) is 14.4. The van der Waals surface area contributed by atoms with Gasteiger partial charge < -0.3 is 0 Å². The first-order chi connectivity index (χ1) is 10.5. The van der Waals surface area contributed by atoms with Crippen LogP contribution in [0.3, 0.4) is 0 Å².